The predicted molar refractivity (Wildman–Crippen MR) is 54.3 cm³/mol. The van der Waals surface area contributed by atoms with Crippen LogP contribution >= 0.6 is 0 Å². The summed E-state index contributed by atoms with van der Waals surface area (Å²) in [4.78, 5) is 0. The number of benzene rings is 1. The second kappa shape index (κ2) is 4.00. The van der Waals surface area contributed by atoms with Gasteiger partial charge in [-0.1, -0.05) is 0 Å². The monoisotopic (exact) mass is 228 g/mol. The van der Waals surface area contributed by atoms with Gasteiger partial charge < -0.3 is 4.55 Å². The minimum atomic E-state index is -2.27. The molecule has 3 nitrogen and oxygen atoms in total. The Bertz CT molecular complexity index is 422. The fraction of sp³-hybridized carbons (Fsp3) is 0.400. The number of hydrogen-bond acceptors (Lipinski definition) is 2. The zero-order chi connectivity index (χ0) is 11.0. The third-order valence-electron chi connectivity index (χ3n) is 2.73. The van der Waals surface area contributed by atoms with Gasteiger partial charge >= 0.3 is 0 Å². The van der Waals surface area contributed by atoms with Crippen molar-refractivity contribution in [2.75, 3.05) is 0 Å². The number of rotatable bonds is 2. The van der Waals surface area contributed by atoms with Gasteiger partial charge in [-0.05, 0) is 48.6 Å². The third kappa shape index (κ3) is 2.09. The Balaban J connectivity index is 2.37. The Morgan fingerprint density at radius 1 is 1.60 bits per heavy atom. The first-order chi connectivity index (χ1) is 7.08. The van der Waals surface area contributed by atoms with Gasteiger partial charge in [0.05, 0.1) is 0 Å². The molecule has 15 heavy (non-hydrogen) atoms. The SMILES string of the molecule is Cc1cc(F)cc2c1C(NS(=O)[O-])CC2. The van der Waals surface area contributed by atoms with E-state index >= 15 is 0 Å². The molecule has 82 valence electrons. The van der Waals surface area contributed by atoms with Gasteiger partial charge in [0.15, 0.2) is 0 Å². The van der Waals surface area contributed by atoms with Crippen LogP contribution in [0.15, 0.2) is 12.1 Å². The van der Waals surface area contributed by atoms with E-state index in [1.807, 2.05) is 0 Å². The first-order valence-electron chi connectivity index (χ1n) is 4.72. The molecule has 1 aliphatic rings. The maximum absolute atomic E-state index is 13.1. The van der Waals surface area contributed by atoms with Crippen molar-refractivity contribution >= 4 is 11.3 Å². The smallest absolute Gasteiger partial charge is 0.123 e. The fourth-order valence-corrected chi connectivity index (χ4v) is 2.68. The maximum atomic E-state index is 13.1. The van der Waals surface area contributed by atoms with Crippen LogP contribution < -0.4 is 4.72 Å². The van der Waals surface area contributed by atoms with Crippen LogP contribution in [0.4, 0.5) is 4.39 Å². The molecule has 0 bridgehead atoms. The molecule has 1 aromatic carbocycles. The molecule has 1 aliphatic carbocycles. The van der Waals surface area contributed by atoms with Gasteiger partial charge in [-0.25, -0.2) is 9.11 Å². The lowest BCUT2D eigenvalue weighted by Crippen LogP contribution is -2.21. The van der Waals surface area contributed by atoms with Gasteiger partial charge in [0.1, 0.15) is 5.82 Å². The van der Waals surface area contributed by atoms with Crippen LogP contribution in [0.5, 0.6) is 0 Å². The molecule has 1 aromatic rings. The van der Waals surface area contributed by atoms with Gasteiger partial charge in [-0.3, -0.25) is 4.21 Å². The van der Waals surface area contributed by atoms with Gasteiger partial charge in [0.25, 0.3) is 0 Å². The van der Waals surface area contributed by atoms with E-state index in [0.717, 1.165) is 23.1 Å². The summed E-state index contributed by atoms with van der Waals surface area (Å²) in [5.74, 6) is -0.254. The van der Waals surface area contributed by atoms with Crippen molar-refractivity contribution < 1.29 is 13.2 Å². The summed E-state index contributed by atoms with van der Waals surface area (Å²) >= 11 is -2.27. The van der Waals surface area contributed by atoms with Gasteiger partial charge in [0, 0.05) is 17.3 Å². The summed E-state index contributed by atoms with van der Waals surface area (Å²) in [7, 11) is 0. The quantitative estimate of drug-likeness (QED) is 0.780. The van der Waals surface area contributed by atoms with E-state index in [1.54, 1.807) is 6.92 Å². The lowest BCUT2D eigenvalue weighted by molar-refractivity contribution is 0.504. The molecule has 5 heteroatoms. The molecule has 0 heterocycles. The highest BCUT2D eigenvalue weighted by molar-refractivity contribution is 7.77. The van der Waals surface area contributed by atoms with Crippen molar-refractivity contribution in [1.82, 2.24) is 4.72 Å². The van der Waals surface area contributed by atoms with Gasteiger partial charge in [-0.2, -0.15) is 0 Å². The van der Waals surface area contributed by atoms with Crippen LogP contribution in [0.2, 0.25) is 0 Å². The summed E-state index contributed by atoms with van der Waals surface area (Å²) in [6, 6.07) is 2.73. The normalized spacial score (nSPS) is 21.4. The first-order valence-corrected chi connectivity index (χ1v) is 5.80. The van der Waals surface area contributed by atoms with Crippen LogP contribution in [-0.4, -0.2) is 8.76 Å². The Morgan fingerprint density at radius 3 is 3.00 bits per heavy atom. The minimum absolute atomic E-state index is 0.195. The molecule has 2 atom stereocenters. The van der Waals surface area contributed by atoms with Crippen LogP contribution in [-0.2, 0) is 17.7 Å². The molecular formula is C10H11FNO2S-. The van der Waals surface area contributed by atoms with E-state index in [4.69, 9.17) is 0 Å². The first kappa shape index (κ1) is 10.7. The van der Waals surface area contributed by atoms with E-state index in [9.17, 15) is 13.2 Å². The van der Waals surface area contributed by atoms with Gasteiger partial charge in [-0.15, -0.1) is 0 Å². The zero-order valence-corrected chi connectivity index (χ0v) is 9.07. The van der Waals surface area contributed by atoms with Crippen molar-refractivity contribution in [3.63, 3.8) is 0 Å². The van der Waals surface area contributed by atoms with Crippen LogP contribution in [0, 0.1) is 12.7 Å². The zero-order valence-electron chi connectivity index (χ0n) is 8.25. The summed E-state index contributed by atoms with van der Waals surface area (Å²) in [5, 5.41) is 0. The largest absolute Gasteiger partial charge is 0.760 e. The topological polar surface area (TPSA) is 52.2 Å². The second-order valence-corrected chi connectivity index (χ2v) is 4.44. The molecule has 0 fully saturated rings. The van der Waals surface area contributed by atoms with E-state index in [-0.39, 0.29) is 11.9 Å². The average Bonchev–Trinajstić information content (AvgIpc) is 2.46. The third-order valence-corrected chi connectivity index (χ3v) is 3.20. The average molecular weight is 228 g/mol. The second-order valence-electron chi connectivity index (χ2n) is 3.74. The highest BCUT2D eigenvalue weighted by atomic mass is 32.2. The Hall–Kier alpha value is -0.780. The molecular weight excluding hydrogens is 217 g/mol. The molecule has 2 unspecified atom stereocenters. The van der Waals surface area contributed by atoms with E-state index in [1.165, 1.54) is 12.1 Å². The maximum Gasteiger partial charge on any atom is 0.123 e. The van der Waals surface area contributed by atoms with Crippen LogP contribution in [0.25, 0.3) is 0 Å². The van der Waals surface area contributed by atoms with Crippen molar-refractivity contribution in [3.8, 4) is 0 Å². The number of hydrogen-bond donors (Lipinski definition) is 1. The van der Waals surface area contributed by atoms with Crippen LogP contribution in [0.1, 0.15) is 29.2 Å². The highest BCUT2D eigenvalue weighted by Crippen LogP contribution is 2.34. The number of nitrogens with one attached hydrogen (secondary N) is 1. The fourth-order valence-electron chi connectivity index (χ4n) is 2.21. The lowest BCUT2D eigenvalue weighted by atomic mass is 10.0. The molecule has 0 spiro atoms. The van der Waals surface area contributed by atoms with Crippen LogP contribution in [0.3, 0.4) is 0 Å². The summed E-state index contributed by atoms with van der Waals surface area (Å²) in [6.07, 6.45) is 1.43. The molecule has 0 aliphatic heterocycles. The Labute approximate surface area is 90.1 Å². The molecule has 0 amide bonds. The van der Waals surface area contributed by atoms with E-state index < -0.39 is 11.3 Å². The van der Waals surface area contributed by atoms with Crippen molar-refractivity contribution in [2.45, 2.75) is 25.8 Å². The standard InChI is InChI=1S/C10H12FNO2S/c1-6-4-8(11)5-7-2-3-9(10(6)7)12-15(13)14/h4-5,9,12H,2-3H2,1H3,(H,13,14)/p-1. The molecule has 0 aromatic heterocycles. The lowest BCUT2D eigenvalue weighted by Gasteiger charge is -2.17. The number of fused-ring (bicyclic) bond motifs is 1. The molecule has 0 radical (unpaired) electrons. The summed E-state index contributed by atoms with van der Waals surface area (Å²) in [6.45, 7) is 1.80. The predicted octanol–water partition coefficient (Wildman–Crippen LogP) is 1.51. The van der Waals surface area contributed by atoms with E-state index in [0.29, 0.717) is 6.42 Å². The molecule has 0 saturated heterocycles. The van der Waals surface area contributed by atoms with Crippen molar-refractivity contribution in [1.29, 1.82) is 0 Å². The van der Waals surface area contributed by atoms with Gasteiger partial charge in [0.2, 0.25) is 0 Å². The number of aryl methyl sites for hydroxylation is 2. The van der Waals surface area contributed by atoms with Crippen molar-refractivity contribution in [3.05, 3.63) is 34.6 Å². The minimum Gasteiger partial charge on any atom is -0.760 e. The van der Waals surface area contributed by atoms with E-state index in [2.05, 4.69) is 4.72 Å². The molecule has 1 N–H and O–H groups in total. The number of halogens is 1. The Morgan fingerprint density at radius 2 is 2.33 bits per heavy atom. The Kier molecular flexibility index (Phi) is 2.86. The summed E-state index contributed by atoms with van der Waals surface area (Å²) < 4.78 is 36.6. The molecule has 0 saturated carbocycles. The summed E-state index contributed by atoms with van der Waals surface area (Å²) in [5.41, 5.74) is 2.65. The van der Waals surface area contributed by atoms with Crippen molar-refractivity contribution in [2.24, 2.45) is 0 Å². The highest BCUT2D eigenvalue weighted by Gasteiger charge is 2.24. The molecule has 2 rings (SSSR count).